The predicted octanol–water partition coefficient (Wildman–Crippen LogP) is 3.03. The SMILES string of the molecule is C[C@@H](O)c1ccc(N2CCCC(N(C)C)C2)cc1Br. The fraction of sp³-hybridized carbons (Fsp3) is 0.600. The summed E-state index contributed by atoms with van der Waals surface area (Å²) in [6, 6.07) is 6.89. The monoisotopic (exact) mass is 326 g/mol. The summed E-state index contributed by atoms with van der Waals surface area (Å²) in [7, 11) is 4.31. The summed E-state index contributed by atoms with van der Waals surface area (Å²) < 4.78 is 0.993. The molecule has 1 aromatic rings. The lowest BCUT2D eigenvalue weighted by Gasteiger charge is -2.37. The van der Waals surface area contributed by atoms with Gasteiger partial charge >= 0.3 is 0 Å². The second kappa shape index (κ2) is 6.25. The van der Waals surface area contributed by atoms with Crippen LogP contribution in [0.3, 0.4) is 0 Å². The van der Waals surface area contributed by atoms with Gasteiger partial charge in [0.1, 0.15) is 0 Å². The van der Waals surface area contributed by atoms with Crippen LogP contribution >= 0.6 is 15.9 Å². The molecule has 2 rings (SSSR count). The van der Waals surface area contributed by atoms with E-state index < -0.39 is 6.10 Å². The lowest BCUT2D eigenvalue weighted by molar-refractivity contribution is 0.198. The first-order valence-corrected chi connectivity index (χ1v) is 7.67. The summed E-state index contributed by atoms with van der Waals surface area (Å²) in [4.78, 5) is 4.75. The molecule has 1 unspecified atom stereocenters. The van der Waals surface area contributed by atoms with Gasteiger partial charge in [-0.2, -0.15) is 0 Å². The fourth-order valence-corrected chi connectivity index (χ4v) is 3.36. The van der Waals surface area contributed by atoms with Gasteiger partial charge in [0, 0.05) is 29.3 Å². The van der Waals surface area contributed by atoms with Crippen molar-refractivity contribution in [1.29, 1.82) is 0 Å². The number of aliphatic hydroxyl groups excluding tert-OH is 1. The van der Waals surface area contributed by atoms with Gasteiger partial charge in [0.05, 0.1) is 6.10 Å². The maximum absolute atomic E-state index is 9.67. The van der Waals surface area contributed by atoms with Gasteiger partial charge in [-0.05, 0) is 51.6 Å². The van der Waals surface area contributed by atoms with Crippen LogP contribution in [-0.4, -0.2) is 43.2 Å². The number of anilines is 1. The summed E-state index contributed by atoms with van der Waals surface area (Å²) in [6.45, 7) is 3.99. The average Bonchev–Trinajstić information content (AvgIpc) is 2.38. The van der Waals surface area contributed by atoms with Crippen molar-refractivity contribution in [3.8, 4) is 0 Å². The van der Waals surface area contributed by atoms with Crippen molar-refractivity contribution >= 4 is 21.6 Å². The topological polar surface area (TPSA) is 26.7 Å². The summed E-state index contributed by atoms with van der Waals surface area (Å²) in [5.74, 6) is 0. The zero-order valence-corrected chi connectivity index (χ0v) is 13.5. The van der Waals surface area contributed by atoms with E-state index in [1.54, 1.807) is 6.92 Å². The van der Waals surface area contributed by atoms with Crippen LogP contribution in [0.4, 0.5) is 5.69 Å². The van der Waals surface area contributed by atoms with Crippen LogP contribution in [0.1, 0.15) is 31.4 Å². The maximum Gasteiger partial charge on any atom is 0.0772 e. The quantitative estimate of drug-likeness (QED) is 0.924. The van der Waals surface area contributed by atoms with Crippen molar-refractivity contribution < 1.29 is 5.11 Å². The van der Waals surface area contributed by atoms with Crippen LogP contribution in [0, 0.1) is 0 Å². The minimum atomic E-state index is -0.431. The highest BCUT2D eigenvalue weighted by Gasteiger charge is 2.22. The summed E-state index contributed by atoms with van der Waals surface area (Å²) in [6.07, 6.45) is 2.08. The number of nitrogens with zero attached hydrogens (tertiary/aromatic N) is 2. The predicted molar refractivity (Wildman–Crippen MR) is 83.7 cm³/mol. The van der Waals surface area contributed by atoms with E-state index in [1.807, 2.05) is 6.07 Å². The van der Waals surface area contributed by atoms with Crippen LogP contribution < -0.4 is 4.90 Å². The van der Waals surface area contributed by atoms with E-state index >= 15 is 0 Å². The molecule has 19 heavy (non-hydrogen) atoms. The molecule has 1 N–H and O–H groups in total. The molecule has 2 atom stereocenters. The number of benzene rings is 1. The Morgan fingerprint density at radius 2 is 2.16 bits per heavy atom. The molecule has 0 aromatic heterocycles. The fourth-order valence-electron chi connectivity index (χ4n) is 2.66. The van der Waals surface area contributed by atoms with Gasteiger partial charge < -0.3 is 14.9 Å². The zero-order valence-electron chi connectivity index (χ0n) is 11.9. The molecule has 1 saturated heterocycles. The third-order valence-corrected chi connectivity index (χ3v) is 4.61. The third kappa shape index (κ3) is 3.50. The first-order chi connectivity index (χ1) is 8.99. The van der Waals surface area contributed by atoms with Crippen molar-refractivity contribution in [2.24, 2.45) is 0 Å². The number of aliphatic hydroxyl groups is 1. The molecule has 1 heterocycles. The Bertz CT molecular complexity index is 434. The standard InChI is InChI=1S/C15H23BrN2O/c1-11(19)14-7-6-12(9-15(14)16)18-8-4-5-13(10-18)17(2)3/h6-7,9,11,13,19H,4-5,8,10H2,1-3H3/t11-,13?/m1/s1. The summed E-state index contributed by atoms with van der Waals surface area (Å²) in [5.41, 5.74) is 2.19. The Hall–Kier alpha value is -0.580. The Morgan fingerprint density at radius 1 is 1.42 bits per heavy atom. The van der Waals surface area contributed by atoms with E-state index in [2.05, 4.69) is 52.0 Å². The van der Waals surface area contributed by atoms with Gasteiger partial charge in [0.15, 0.2) is 0 Å². The largest absolute Gasteiger partial charge is 0.389 e. The van der Waals surface area contributed by atoms with E-state index in [0.29, 0.717) is 6.04 Å². The number of rotatable bonds is 3. The maximum atomic E-state index is 9.67. The molecular formula is C15H23BrN2O. The van der Waals surface area contributed by atoms with E-state index in [9.17, 15) is 5.11 Å². The van der Waals surface area contributed by atoms with Crippen molar-refractivity contribution in [2.75, 3.05) is 32.1 Å². The van der Waals surface area contributed by atoms with Crippen molar-refractivity contribution in [3.05, 3.63) is 28.2 Å². The Labute approximate surface area is 124 Å². The molecule has 106 valence electrons. The van der Waals surface area contributed by atoms with E-state index in [4.69, 9.17) is 0 Å². The number of piperidine rings is 1. The van der Waals surface area contributed by atoms with E-state index in [1.165, 1.54) is 18.5 Å². The molecule has 1 aliphatic heterocycles. The minimum Gasteiger partial charge on any atom is -0.389 e. The summed E-state index contributed by atoms with van der Waals surface area (Å²) >= 11 is 3.56. The Kier molecular flexibility index (Phi) is 4.87. The minimum absolute atomic E-state index is 0.431. The first kappa shape index (κ1) is 14.8. The van der Waals surface area contributed by atoms with Crippen LogP contribution in [0.15, 0.2) is 22.7 Å². The number of hydrogen-bond donors (Lipinski definition) is 1. The summed E-state index contributed by atoms with van der Waals surface area (Å²) in [5, 5.41) is 9.67. The van der Waals surface area contributed by atoms with Gasteiger partial charge in [-0.15, -0.1) is 0 Å². The Balaban J connectivity index is 2.15. The third-order valence-electron chi connectivity index (χ3n) is 3.93. The van der Waals surface area contributed by atoms with Gasteiger partial charge in [0.25, 0.3) is 0 Å². The van der Waals surface area contributed by atoms with Crippen LogP contribution in [-0.2, 0) is 0 Å². The molecule has 1 aliphatic rings. The number of halogens is 1. The normalized spacial score (nSPS) is 21.8. The molecule has 0 spiro atoms. The molecule has 0 saturated carbocycles. The molecule has 3 nitrogen and oxygen atoms in total. The van der Waals surface area contributed by atoms with Gasteiger partial charge in [-0.1, -0.05) is 22.0 Å². The lowest BCUT2D eigenvalue weighted by Crippen LogP contribution is -2.45. The van der Waals surface area contributed by atoms with Crippen molar-refractivity contribution in [3.63, 3.8) is 0 Å². The molecular weight excluding hydrogens is 304 g/mol. The van der Waals surface area contributed by atoms with Crippen LogP contribution in [0.25, 0.3) is 0 Å². The van der Waals surface area contributed by atoms with E-state index in [-0.39, 0.29) is 0 Å². The molecule has 0 amide bonds. The molecule has 1 fully saturated rings. The molecule has 4 heteroatoms. The highest BCUT2D eigenvalue weighted by atomic mass is 79.9. The number of likely N-dealkylation sites (N-methyl/N-ethyl adjacent to an activating group) is 1. The smallest absolute Gasteiger partial charge is 0.0772 e. The number of hydrogen-bond acceptors (Lipinski definition) is 3. The highest BCUT2D eigenvalue weighted by Crippen LogP contribution is 2.30. The van der Waals surface area contributed by atoms with Crippen LogP contribution in [0.5, 0.6) is 0 Å². The van der Waals surface area contributed by atoms with Gasteiger partial charge in [-0.3, -0.25) is 0 Å². The van der Waals surface area contributed by atoms with Crippen molar-refractivity contribution in [1.82, 2.24) is 4.90 Å². The Morgan fingerprint density at radius 3 is 2.74 bits per heavy atom. The van der Waals surface area contributed by atoms with Crippen LogP contribution in [0.2, 0.25) is 0 Å². The highest BCUT2D eigenvalue weighted by molar-refractivity contribution is 9.10. The zero-order chi connectivity index (χ0) is 14.0. The van der Waals surface area contributed by atoms with Crippen molar-refractivity contribution in [2.45, 2.75) is 31.9 Å². The van der Waals surface area contributed by atoms with Gasteiger partial charge in [-0.25, -0.2) is 0 Å². The lowest BCUT2D eigenvalue weighted by atomic mass is 10.0. The molecule has 1 aromatic carbocycles. The van der Waals surface area contributed by atoms with E-state index in [0.717, 1.165) is 23.1 Å². The average molecular weight is 327 g/mol. The second-order valence-electron chi connectivity index (χ2n) is 5.59. The molecule has 0 radical (unpaired) electrons. The second-order valence-corrected chi connectivity index (χ2v) is 6.44. The first-order valence-electron chi connectivity index (χ1n) is 6.88. The van der Waals surface area contributed by atoms with Gasteiger partial charge in [0.2, 0.25) is 0 Å². The molecule has 0 aliphatic carbocycles. The molecule has 0 bridgehead atoms.